The van der Waals surface area contributed by atoms with Gasteiger partial charge in [0, 0.05) is 37.3 Å². The van der Waals surface area contributed by atoms with E-state index in [0.717, 1.165) is 24.2 Å². The van der Waals surface area contributed by atoms with Gasteiger partial charge in [0.05, 0.1) is 22.4 Å². The van der Waals surface area contributed by atoms with Gasteiger partial charge in [-0.2, -0.15) is 5.10 Å². The topological polar surface area (TPSA) is 64.4 Å². The van der Waals surface area contributed by atoms with Crippen molar-refractivity contribution in [1.82, 2.24) is 14.7 Å². The van der Waals surface area contributed by atoms with Crippen LogP contribution >= 0.6 is 11.6 Å². The van der Waals surface area contributed by atoms with Crippen LogP contribution in [0.4, 0.5) is 0 Å². The molecule has 1 aromatic carbocycles. The molecular formula is C18H22ClN3O3S. The molecule has 0 saturated carbocycles. The van der Waals surface area contributed by atoms with Crippen molar-refractivity contribution >= 4 is 21.4 Å². The minimum atomic E-state index is -3.26. The van der Waals surface area contributed by atoms with E-state index in [1.165, 1.54) is 0 Å². The number of fused-ring (bicyclic) bond motifs is 1. The van der Waals surface area contributed by atoms with E-state index in [-0.39, 0.29) is 17.9 Å². The smallest absolute Gasteiger partial charge is 0.180 e. The van der Waals surface area contributed by atoms with Crippen LogP contribution in [0.15, 0.2) is 35.4 Å². The number of halogens is 1. The van der Waals surface area contributed by atoms with E-state index >= 15 is 0 Å². The molecule has 2 aliphatic rings. The normalized spacial score (nSPS) is 27.2. The fourth-order valence-electron chi connectivity index (χ4n) is 4.12. The Labute approximate surface area is 158 Å². The predicted molar refractivity (Wildman–Crippen MR) is 98.9 cm³/mol. The summed E-state index contributed by atoms with van der Waals surface area (Å²) in [4.78, 5) is 2.53. The molecule has 140 valence electrons. The van der Waals surface area contributed by atoms with Crippen molar-refractivity contribution in [1.29, 1.82) is 0 Å². The first-order valence-electron chi connectivity index (χ1n) is 8.69. The van der Waals surface area contributed by atoms with E-state index in [9.17, 15) is 8.42 Å². The molecule has 0 amide bonds. The van der Waals surface area contributed by atoms with Crippen LogP contribution in [0.5, 0.6) is 0 Å². The van der Waals surface area contributed by atoms with Gasteiger partial charge in [-0.25, -0.2) is 8.42 Å². The predicted octanol–water partition coefficient (Wildman–Crippen LogP) is 2.61. The Morgan fingerprint density at radius 3 is 2.92 bits per heavy atom. The fraction of sp³-hybridized carbons (Fsp3) is 0.500. The maximum absolute atomic E-state index is 12.5. The molecule has 1 unspecified atom stereocenters. The second-order valence-corrected chi connectivity index (χ2v) is 9.58. The summed E-state index contributed by atoms with van der Waals surface area (Å²) in [5.41, 5.74) is 1.86. The van der Waals surface area contributed by atoms with Gasteiger partial charge in [0.15, 0.2) is 9.84 Å². The van der Waals surface area contributed by atoms with Gasteiger partial charge in [0.1, 0.15) is 6.10 Å². The minimum absolute atomic E-state index is 0.0122. The number of hydrogen-bond donors (Lipinski definition) is 0. The number of aryl methyl sites for hydroxylation is 1. The van der Waals surface area contributed by atoms with Gasteiger partial charge in [-0.05, 0) is 43.3 Å². The fourth-order valence-corrected chi connectivity index (χ4v) is 6.16. The van der Waals surface area contributed by atoms with Crippen molar-refractivity contribution in [3.05, 3.63) is 46.7 Å². The molecule has 3 atom stereocenters. The average molecular weight is 396 g/mol. The van der Waals surface area contributed by atoms with Crippen LogP contribution in [0.2, 0.25) is 5.02 Å². The molecule has 1 saturated heterocycles. The lowest BCUT2D eigenvalue weighted by Gasteiger charge is -2.29. The van der Waals surface area contributed by atoms with E-state index in [2.05, 4.69) is 10.00 Å². The number of aromatic nitrogens is 2. The zero-order valence-corrected chi connectivity index (χ0v) is 16.4. The van der Waals surface area contributed by atoms with E-state index < -0.39 is 9.84 Å². The summed E-state index contributed by atoms with van der Waals surface area (Å²) < 4.78 is 32.8. The summed E-state index contributed by atoms with van der Waals surface area (Å²) in [5.74, 6) is 0.393. The van der Waals surface area contributed by atoms with Crippen LogP contribution in [0.25, 0.3) is 0 Å². The molecule has 6 nitrogen and oxygen atoms in total. The van der Waals surface area contributed by atoms with Crippen molar-refractivity contribution in [3.8, 4) is 0 Å². The van der Waals surface area contributed by atoms with Gasteiger partial charge in [-0.1, -0.05) is 11.6 Å². The monoisotopic (exact) mass is 395 g/mol. The Balaban J connectivity index is 1.57. The SMILES string of the molecule is CN(C[C@@H]1CCO[C@H]1c1ccnn1C)C1CS(=O)(=O)c2ccc(Cl)cc21. The molecule has 1 fully saturated rings. The van der Waals surface area contributed by atoms with Crippen molar-refractivity contribution in [3.63, 3.8) is 0 Å². The molecule has 26 heavy (non-hydrogen) atoms. The van der Waals surface area contributed by atoms with Crippen LogP contribution in [-0.4, -0.2) is 49.1 Å². The molecule has 1 aromatic heterocycles. The van der Waals surface area contributed by atoms with Crippen molar-refractivity contribution in [2.45, 2.75) is 23.5 Å². The molecule has 0 N–H and O–H groups in total. The third-order valence-corrected chi connectivity index (χ3v) is 7.49. The lowest BCUT2D eigenvalue weighted by molar-refractivity contribution is 0.0710. The van der Waals surface area contributed by atoms with Gasteiger partial charge in [0.2, 0.25) is 0 Å². The third kappa shape index (κ3) is 3.07. The molecular weight excluding hydrogens is 374 g/mol. The number of benzene rings is 1. The molecule has 2 aliphatic heterocycles. The van der Waals surface area contributed by atoms with E-state index in [1.807, 2.05) is 24.8 Å². The largest absolute Gasteiger partial charge is 0.372 e. The lowest BCUT2D eigenvalue weighted by atomic mass is 9.97. The first-order chi connectivity index (χ1) is 12.4. The Bertz CT molecular complexity index is 928. The summed E-state index contributed by atoms with van der Waals surface area (Å²) in [7, 11) is 0.638. The first kappa shape index (κ1) is 18.0. The Morgan fingerprint density at radius 2 is 2.19 bits per heavy atom. The molecule has 0 radical (unpaired) electrons. The van der Waals surface area contributed by atoms with E-state index in [0.29, 0.717) is 22.4 Å². The highest BCUT2D eigenvalue weighted by molar-refractivity contribution is 7.91. The molecule has 2 aromatic rings. The number of ether oxygens (including phenoxy) is 1. The number of rotatable bonds is 4. The molecule has 8 heteroatoms. The lowest BCUT2D eigenvalue weighted by Crippen LogP contribution is -2.32. The Morgan fingerprint density at radius 1 is 1.38 bits per heavy atom. The summed E-state index contributed by atoms with van der Waals surface area (Å²) >= 11 is 6.12. The highest BCUT2D eigenvalue weighted by Crippen LogP contribution is 2.40. The maximum Gasteiger partial charge on any atom is 0.180 e. The quantitative estimate of drug-likeness (QED) is 0.796. The van der Waals surface area contributed by atoms with Gasteiger partial charge in [0.25, 0.3) is 0 Å². The molecule has 3 heterocycles. The Hall–Kier alpha value is -1.41. The van der Waals surface area contributed by atoms with E-state index in [1.54, 1.807) is 24.4 Å². The van der Waals surface area contributed by atoms with Crippen LogP contribution in [-0.2, 0) is 21.6 Å². The van der Waals surface area contributed by atoms with Gasteiger partial charge in [-0.3, -0.25) is 9.58 Å². The maximum atomic E-state index is 12.5. The molecule has 0 aliphatic carbocycles. The van der Waals surface area contributed by atoms with Gasteiger partial charge < -0.3 is 4.74 Å². The molecule has 0 spiro atoms. The van der Waals surface area contributed by atoms with Gasteiger partial charge in [-0.15, -0.1) is 0 Å². The first-order valence-corrected chi connectivity index (χ1v) is 10.7. The minimum Gasteiger partial charge on any atom is -0.372 e. The number of sulfone groups is 1. The molecule has 4 rings (SSSR count). The highest BCUT2D eigenvalue weighted by Gasteiger charge is 2.39. The average Bonchev–Trinajstić information content (AvgIpc) is 3.26. The third-order valence-electron chi connectivity index (χ3n) is 5.46. The standard InChI is InChI=1S/C18H22ClN3O3S/c1-21(10-12-6-8-25-18(12)15-5-7-20-22(15)2)16-11-26(23,24)17-4-3-13(19)9-14(16)17/h3-5,7,9,12,16,18H,6,8,10-11H2,1-2H3/t12-,16?,18+/m0/s1. The van der Waals surface area contributed by atoms with E-state index in [4.69, 9.17) is 16.3 Å². The summed E-state index contributed by atoms with van der Waals surface area (Å²) in [6.07, 6.45) is 2.71. The summed E-state index contributed by atoms with van der Waals surface area (Å²) in [5, 5.41) is 4.81. The second-order valence-electron chi connectivity index (χ2n) is 7.14. The van der Waals surface area contributed by atoms with Crippen LogP contribution < -0.4 is 0 Å². The number of hydrogen-bond acceptors (Lipinski definition) is 5. The van der Waals surface area contributed by atoms with Crippen molar-refractivity contribution in [2.75, 3.05) is 26.0 Å². The Kier molecular flexibility index (Phi) is 4.59. The van der Waals surface area contributed by atoms with Crippen molar-refractivity contribution in [2.24, 2.45) is 13.0 Å². The highest BCUT2D eigenvalue weighted by atomic mass is 35.5. The van der Waals surface area contributed by atoms with Crippen molar-refractivity contribution < 1.29 is 13.2 Å². The van der Waals surface area contributed by atoms with Gasteiger partial charge >= 0.3 is 0 Å². The zero-order valence-electron chi connectivity index (χ0n) is 14.8. The summed E-state index contributed by atoms with van der Waals surface area (Å²) in [6, 6.07) is 6.85. The number of nitrogens with zero attached hydrogens (tertiary/aromatic N) is 3. The zero-order chi connectivity index (χ0) is 18.5. The van der Waals surface area contributed by atoms with Crippen LogP contribution in [0.1, 0.15) is 29.8 Å². The summed E-state index contributed by atoms with van der Waals surface area (Å²) in [6.45, 7) is 1.46. The second kappa shape index (κ2) is 6.64. The molecule has 0 bridgehead atoms. The van der Waals surface area contributed by atoms with Crippen LogP contribution in [0, 0.1) is 5.92 Å². The van der Waals surface area contributed by atoms with Crippen LogP contribution in [0.3, 0.4) is 0 Å².